The number of aliphatic hydroxyl groups is 3. The first-order valence-electron chi connectivity index (χ1n) is 12.2. The van der Waals surface area contributed by atoms with Crippen LogP contribution in [0.4, 0.5) is 0 Å². The Bertz CT molecular complexity index is 842. The van der Waals surface area contributed by atoms with Gasteiger partial charge in [-0.1, -0.05) is 43.1 Å². The lowest BCUT2D eigenvalue weighted by molar-refractivity contribution is 0.0815. The van der Waals surface area contributed by atoms with E-state index >= 15 is 0 Å². The second-order valence-corrected chi connectivity index (χ2v) is 11.5. The normalized spacial score (nSPS) is 39.9. The van der Waals surface area contributed by atoms with Crippen LogP contribution in [-0.2, 0) is 0 Å². The molecular weight excluding hydrogens is 384 g/mol. The van der Waals surface area contributed by atoms with E-state index in [0.717, 1.165) is 24.0 Å². The molecule has 5 atom stereocenters. The quantitative estimate of drug-likeness (QED) is 0.554. The van der Waals surface area contributed by atoms with E-state index in [0.29, 0.717) is 35.5 Å². The van der Waals surface area contributed by atoms with Gasteiger partial charge in [0, 0.05) is 12.8 Å². The second-order valence-electron chi connectivity index (χ2n) is 11.5. The van der Waals surface area contributed by atoms with E-state index in [1.807, 2.05) is 0 Å². The first kappa shape index (κ1) is 22.8. The van der Waals surface area contributed by atoms with Crippen LogP contribution in [0.5, 0.6) is 0 Å². The van der Waals surface area contributed by atoms with E-state index in [-0.39, 0.29) is 0 Å². The van der Waals surface area contributed by atoms with Crippen molar-refractivity contribution in [2.75, 3.05) is 0 Å². The Morgan fingerprint density at radius 3 is 2.58 bits per heavy atom. The Morgan fingerprint density at radius 2 is 1.90 bits per heavy atom. The summed E-state index contributed by atoms with van der Waals surface area (Å²) in [5, 5.41) is 30.2. The van der Waals surface area contributed by atoms with Gasteiger partial charge in [0.05, 0.1) is 12.2 Å². The van der Waals surface area contributed by atoms with Gasteiger partial charge in [-0.2, -0.15) is 0 Å². The zero-order chi connectivity index (χ0) is 22.4. The lowest BCUT2D eigenvalue weighted by Crippen LogP contribution is -2.37. The first-order chi connectivity index (χ1) is 14.5. The van der Waals surface area contributed by atoms with E-state index in [2.05, 4.69) is 37.5 Å². The molecule has 3 unspecified atom stereocenters. The molecule has 3 N–H and O–H groups in total. The van der Waals surface area contributed by atoms with E-state index in [1.54, 1.807) is 19.4 Å². The zero-order valence-electron chi connectivity index (χ0n) is 19.6. The highest BCUT2D eigenvalue weighted by molar-refractivity contribution is 5.39. The van der Waals surface area contributed by atoms with Crippen LogP contribution in [0.15, 0.2) is 35.5 Å². The third-order valence-corrected chi connectivity index (χ3v) is 8.69. The minimum atomic E-state index is -0.906. The molecule has 4 aliphatic rings. The summed E-state index contributed by atoms with van der Waals surface area (Å²) in [4.78, 5) is 0. The Balaban J connectivity index is 1.53. The van der Waals surface area contributed by atoms with Crippen LogP contribution >= 0.6 is 0 Å². The molecule has 0 aromatic carbocycles. The topological polar surface area (TPSA) is 60.7 Å². The molecule has 4 rings (SSSR count). The van der Waals surface area contributed by atoms with Crippen LogP contribution in [0.2, 0.25) is 0 Å². The van der Waals surface area contributed by atoms with Crippen molar-refractivity contribution in [3.05, 3.63) is 35.5 Å². The number of rotatable bonds is 3. The Hall–Kier alpha value is -1.34. The van der Waals surface area contributed by atoms with Gasteiger partial charge in [-0.25, -0.2) is 0 Å². The SMILES string of the molecule is C=C1C(=CC=C2CCC[C@@]3(C)C2CCC3C2(CC#CC(C)(C)O)CC2)CC(O)C[C@@H]1O. The summed E-state index contributed by atoms with van der Waals surface area (Å²) < 4.78 is 0. The smallest absolute Gasteiger partial charge is 0.119 e. The summed E-state index contributed by atoms with van der Waals surface area (Å²) in [6, 6.07) is 0. The lowest BCUT2D eigenvalue weighted by Gasteiger charge is -2.45. The van der Waals surface area contributed by atoms with Gasteiger partial charge in [0.2, 0.25) is 0 Å². The van der Waals surface area contributed by atoms with Crippen LogP contribution in [0, 0.1) is 34.5 Å². The molecule has 3 heteroatoms. The van der Waals surface area contributed by atoms with Crippen molar-refractivity contribution < 1.29 is 15.3 Å². The van der Waals surface area contributed by atoms with E-state index < -0.39 is 17.8 Å². The fourth-order valence-electron chi connectivity index (χ4n) is 6.96. The summed E-state index contributed by atoms with van der Waals surface area (Å²) >= 11 is 0. The Kier molecular flexibility index (Phi) is 6.05. The lowest BCUT2D eigenvalue weighted by atomic mass is 9.59. The molecule has 0 saturated heterocycles. The average Bonchev–Trinajstić information content (AvgIpc) is 3.35. The maximum Gasteiger partial charge on any atom is 0.119 e. The third-order valence-electron chi connectivity index (χ3n) is 8.69. The van der Waals surface area contributed by atoms with Crippen molar-refractivity contribution in [3.63, 3.8) is 0 Å². The van der Waals surface area contributed by atoms with Crippen LogP contribution in [-0.4, -0.2) is 33.1 Å². The molecule has 0 spiro atoms. The van der Waals surface area contributed by atoms with Crippen molar-refractivity contribution in [2.24, 2.45) is 22.7 Å². The van der Waals surface area contributed by atoms with Crippen molar-refractivity contribution in [1.82, 2.24) is 0 Å². The van der Waals surface area contributed by atoms with Gasteiger partial charge in [-0.3, -0.25) is 0 Å². The predicted molar refractivity (Wildman–Crippen MR) is 125 cm³/mol. The van der Waals surface area contributed by atoms with E-state index in [4.69, 9.17) is 0 Å². The van der Waals surface area contributed by atoms with Crippen molar-refractivity contribution in [3.8, 4) is 11.8 Å². The molecule has 0 aromatic rings. The van der Waals surface area contributed by atoms with Crippen molar-refractivity contribution in [1.29, 1.82) is 0 Å². The average molecular weight is 425 g/mol. The maximum atomic E-state index is 10.2. The molecular formula is C28H40O3. The van der Waals surface area contributed by atoms with Gasteiger partial charge in [0.1, 0.15) is 5.60 Å². The number of aliphatic hydroxyl groups excluding tert-OH is 2. The molecule has 31 heavy (non-hydrogen) atoms. The van der Waals surface area contributed by atoms with Gasteiger partial charge in [-0.05, 0) is 99.0 Å². The molecule has 3 nitrogen and oxygen atoms in total. The summed E-state index contributed by atoms with van der Waals surface area (Å²) in [6.45, 7) is 10.1. The standard InChI is InChI=1S/C28H40O3/c1-19-21(17-22(29)18-24(19)30)9-8-20-7-5-13-27(4)23(20)10-11-25(27)28(15-16-28)14-6-12-26(2,3)31/h8-9,22-25,29-31H,1,5,7,10-11,13-18H2,2-4H3/t22?,23?,24-,25?,27-/m0/s1. The fraction of sp³-hybridized carbons (Fsp3) is 0.714. The maximum absolute atomic E-state index is 10.2. The minimum absolute atomic E-state index is 0.331. The zero-order valence-corrected chi connectivity index (χ0v) is 19.6. The molecule has 0 bridgehead atoms. The number of hydrogen-bond donors (Lipinski definition) is 3. The molecule has 0 aliphatic heterocycles. The first-order valence-corrected chi connectivity index (χ1v) is 12.2. The van der Waals surface area contributed by atoms with Gasteiger partial charge in [0.25, 0.3) is 0 Å². The summed E-state index contributed by atoms with van der Waals surface area (Å²) in [6.07, 6.45) is 14.0. The van der Waals surface area contributed by atoms with Gasteiger partial charge < -0.3 is 15.3 Å². The summed E-state index contributed by atoms with van der Waals surface area (Å²) in [7, 11) is 0. The Labute approximate surface area is 188 Å². The number of fused-ring (bicyclic) bond motifs is 1. The highest BCUT2D eigenvalue weighted by Gasteiger charge is 2.60. The van der Waals surface area contributed by atoms with E-state index in [1.165, 1.54) is 38.5 Å². The van der Waals surface area contributed by atoms with Gasteiger partial charge in [0.15, 0.2) is 0 Å². The predicted octanol–water partition coefficient (Wildman–Crippen LogP) is 5.07. The summed E-state index contributed by atoms with van der Waals surface area (Å²) in [5.74, 6) is 7.70. The van der Waals surface area contributed by atoms with Crippen LogP contribution < -0.4 is 0 Å². The highest BCUT2D eigenvalue weighted by Crippen LogP contribution is 2.69. The Morgan fingerprint density at radius 1 is 1.16 bits per heavy atom. The fourth-order valence-corrected chi connectivity index (χ4v) is 6.96. The molecule has 4 aliphatic carbocycles. The third kappa shape index (κ3) is 4.58. The molecule has 4 fully saturated rings. The monoisotopic (exact) mass is 424 g/mol. The van der Waals surface area contributed by atoms with Crippen LogP contribution in [0.1, 0.15) is 85.0 Å². The van der Waals surface area contributed by atoms with Crippen LogP contribution in [0.25, 0.3) is 0 Å². The largest absolute Gasteiger partial charge is 0.393 e. The second kappa shape index (κ2) is 8.22. The molecule has 0 heterocycles. The highest BCUT2D eigenvalue weighted by atomic mass is 16.3. The minimum Gasteiger partial charge on any atom is -0.393 e. The summed E-state index contributed by atoms with van der Waals surface area (Å²) in [5.41, 5.74) is 3.10. The number of allylic oxidation sites excluding steroid dienone is 3. The van der Waals surface area contributed by atoms with Crippen LogP contribution in [0.3, 0.4) is 0 Å². The number of hydrogen-bond acceptors (Lipinski definition) is 3. The van der Waals surface area contributed by atoms with Gasteiger partial charge >= 0.3 is 0 Å². The van der Waals surface area contributed by atoms with Gasteiger partial charge in [-0.15, -0.1) is 0 Å². The van der Waals surface area contributed by atoms with Crippen molar-refractivity contribution >= 4 is 0 Å². The van der Waals surface area contributed by atoms with E-state index in [9.17, 15) is 15.3 Å². The molecule has 0 aromatic heterocycles. The molecule has 170 valence electrons. The molecule has 0 amide bonds. The van der Waals surface area contributed by atoms with Crippen molar-refractivity contribution in [2.45, 2.75) is 103 Å². The molecule has 4 saturated carbocycles. The molecule has 0 radical (unpaired) electrons.